The van der Waals surface area contributed by atoms with Crippen LogP contribution < -0.4 is 10.2 Å². The van der Waals surface area contributed by atoms with Crippen LogP contribution in [0.25, 0.3) is 5.69 Å². The lowest BCUT2D eigenvalue weighted by Gasteiger charge is -2.27. The normalized spacial score (nSPS) is 17.3. The van der Waals surface area contributed by atoms with Crippen LogP contribution in [0.1, 0.15) is 25.7 Å². The fourth-order valence-corrected chi connectivity index (χ4v) is 4.40. The van der Waals surface area contributed by atoms with Gasteiger partial charge < -0.3 is 10.2 Å². The van der Waals surface area contributed by atoms with E-state index < -0.39 is 0 Å². The van der Waals surface area contributed by atoms with E-state index in [1.54, 1.807) is 11.8 Å². The Morgan fingerprint density at radius 3 is 2.54 bits per heavy atom. The van der Waals surface area contributed by atoms with Crippen LogP contribution in [0.2, 0.25) is 0 Å². The number of para-hydroxylation sites is 1. The number of amides is 3. The molecule has 0 atom stereocenters. The number of carbonyl (C=O) groups is 2. The molecule has 0 spiro atoms. The summed E-state index contributed by atoms with van der Waals surface area (Å²) < 4.78 is 2.11. The second kappa shape index (κ2) is 8.64. The molecule has 0 aliphatic carbocycles. The highest BCUT2D eigenvalue weighted by Crippen LogP contribution is 2.28. The smallest absolute Gasteiger partial charge is 0.324 e. The first-order valence-electron chi connectivity index (χ1n) is 9.71. The molecular formula is C19H24N6O2S. The number of hydrogen-bond acceptors (Lipinski definition) is 6. The van der Waals surface area contributed by atoms with Gasteiger partial charge in [0.1, 0.15) is 0 Å². The number of imide groups is 1. The number of carbonyl (C=O) groups excluding carboxylic acids is 2. The van der Waals surface area contributed by atoms with Crippen molar-refractivity contribution >= 4 is 29.6 Å². The third kappa shape index (κ3) is 3.99. The molecule has 8 nitrogen and oxygen atoms in total. The van der Waals surface area contributed by atoms with E-state index in [1.165, 1.54) is 24.2 Å². The van der Waals surface area contributed by atoms with Crippen LogP contribution in [0.4, 0.5) is 10.7 Å². The van der Waals surface area contributed by atoms with E-state index >= 15 is 0 Å². The maximum absolute atomic E-state index is 11.7. The molecule has 0 bridgehead atoms. The Morgan fingerprint density at radius 2 is 1.82 bits per heavy atom. The molecule has 1 aromatic carbocycles. The zero-order chi connectivity index (χ0) is 19.3. The Bertz CT molecular complexity index is 818. The highest BCUT2D eigenvalue weighted by molar-refractivity contribution is 7.99. The minimum Gasteiger partial charge on any atom is -0.341 e. The highest BCUT2D eigenvalue weighted by Gasteiger charge is 2.27. The zero-order valence-electron chi connectivity index (χ0n) is 15.7. The van der Waals surface area contributed by atoms with E-state index in [1.807, 2.05) is 18.2 Å². The lowest BCUT2D eigenvalue weighted by atomic mass is 10.1. The molecule has 9 heteroatoms. The zero-order valence-corrected chi connectivity index (χ0v) is 16.5. The van der Waals surface area contributed by atoms with Gasteiger partial charge >= 0.3 is 6.03 Å². The number of rotatable bonds is 7. The van der Waals surface area contributed by atoms with E-state index in [0.29, 0.717) is 13.0 Å². The molecule has 28 heavy (non-hydrogen) atoms. The first-order valence-corrected chi connectivity index (χ1v) is 10.7. The lowest BCUT2D eigenvalue weighted by Crippen LogP contribution is -2.32. The van der Waals surface area contributed by atoms with Gasteiger partial charge in [-0.15, -0.1) is 10.2 Å². The number of hydrogen-bond donors (Lipinski definition) is 1. The van der Waals surface area contributed by atoms with Crippen LogP contribution in [-0.2, 0) is 4.79 Å². The van der Waals surface area contributed by atoms with Crippen molar-refractivity contribution in [3.05, 3.63) is 30.3 Å². The van der Waals surface area contributed by atoms with Gasteiger partial charge in [-0.1, -0.05) is 30.0 Å². The fraction of sp³-hybridized carbons (Fsp3) is 0.474. The standard InChI is InChI=1S/C19H24N6O2S/c26-16-14-20-18(27)24(16)12-7-13-28-19-22-21-17(23-10-5-2-6-11-23)25(19)15-8-3-1-4-9-15/h1,3-4,8-9H,2,5-7,10-14H2,(H,20,27). The molecule has 2 saturated heterocycles. The predicted molar refractivity (Wildman–Crippen MR) is 108 cm³/mol. The quantitative estimate of drug-likeness (QED) is 0.436. The van der Waals surface area contributed by atoms with Gasteiger partial charge in [-0.2, -0.15) is 0 Å². The van der Waals surface area contributed by atoms with Gasteiger partial charge in [0, 0.05) is 25.4 Å². The largest absolute Gasteiger partial charge is 0.341 e. The van der Waals surface area contributed by atoms with Gasteiger partial charge in [-0.05, 0) is 37.8 Å². The summed E-state index contributed by atoms with van der Waals surface area (Å²) in [4.78, 5) is 26.9. The number of nitrogens with one attached hydrogen (secondary N) is 1. The van der Waals surface area contributed by atoms with Gasteiger partial charge in [0.15, 0.2) is 5.16 Å². The third-order valence-electron chi connectivity index (χ3n) is 4.96. The van der Waals surface area contributed by atoms with Crippen molar-refractivity contribution in [1.82, 2.24) is 25.0 Å². The van der Waals surface area contributed by atoms with Crippen molar-refractivity contribution in [3.8, 4) is 5.69 Å². The average molecular weight is 401 g/mol. The topological polar surface area (TPSA) is 83.4 Å². The summed E-state index contributed by atoms with van der Waals surface area (Å²) >= 11 is 1.61. The van der Waals surface area contributed by atoms with E-state index in [0.717, 1.165) is 35.6 Å². The molecule has 3 heterocycles. The fourth-order valence-electron chi connectivity index (χ4n) is 3.53. The lowest BCUT2D eigenvalue weighted by molar-refractivity contribution is -0.124. The Balaban J connectivity index is 1.46. The number of benzene rings is 1. The van der Waals surface area contributed by atoms with Crippen molar-refractivity contribution in [2.45, 2.75) is 30.8 Å². The second-order valence-corrected chi connectivity index (χ2v) is 7.97. The van der Waals surface area contributed by atoms with Crippen molar-refractivity contribution in [3.63, 3.8) is 0 Å². The summed E-state index contributed by atoms with van der Waals surface area (Å²) in [5, 5.41) is 12.3. The van der Waals surface area contributed by atoms with E-state index in [2.05, 4.69) is 37.1 Å². The molecular weight excluding hydrogens is 376 g/mol. The third-order valence-corrected chi connectivity index (χ3v) is 5.98. The number of piperidine rings is 1. The summed E-state index contributed by atoms with van der Waals surface area (Å²) in [6, 6.07) is 9.86. The van der Waals surface area contributed by atoms with Crippen LogP contribution in [0.5, 0.6) is 0 Å². The Morgan fingerprint density at radius 1 is 1.04 bits per heavy atom. The summed E-state index contributed by atoms with van der Waals surface area (Å²) in [6.07, 6.45) is 4.33. The van der Waals surface area contributed by atoms with Crippen LogP contribution in [0, 0.1) is 0 Å². The van der Waals surface area contributed by atoms with Gasteiger partial charge in [-0.25, -0.2) is 4.79 Å². The molecule has 2 aliphatic heterocycles. The Hall–Kier alpha value is -2.55. The van der Waals surface area contributed by atoms with Gasteiger partial charge in [0.05, 0.1) is 12.2 Å². The van der Waals surface area contributed by atoms with Crippen LogP contribution in [-0.4, -0.2) is 63.5 Å². The molecule has 2 aromatic rings. The molecule has 0 radical (unpaired) electrons. The maximum Gasteiger partial charge on any atom is 0.324 e. The average Bonchev–Trinajstić information content (AvgIpc) is 3.30. The monoisotopic (exact) mass is 400 g/mol. The van der Waals surface area contributed by atoms with Crippen LogP contribution in [0.3, 0.4) is 0 Å². The molecule has 1 aromatic heterocycles. The SMILES string of the molecule is O=C1CNC(=O)N1CCCSc1nnc(N2CCCCC2)n1-c1ccccc1. The minimum atomic E-state index is -0.296. The Labute approximate surface area is 168 Å². The summed E-state index contributed by atoms with van der Waals surface area (Å²) in [5.41, 5.74) is 1.05. The highest BCUT2D eigenvalue weighted by atomic mass is 32.2. The summed E-state index contributed by atoms with van der Waals surface area (Å²) in [6.45, 7) is 2.53. The van der Waals surface area contributed by atoms with Crippen molar-refractivity contribution in [2.75, 3.05) is 36.8 Å². The molecule has 1 N–H and O–H groups in total. The van der Waals surface area contributed by atoms with E-state index in [9.17, 15) is 9.59 Å². The first kappa shape index (κ1) is 18.8. The summed E-state index contributed by atoms with van der Waals surface area (Å²) in [7, 11) is 0. The van der Waals surface area contributed by atoms with Crippen LogP contribution >= 0.6 is 11.8 Å². The Kier molecular flexibility index (Phi) is 5.80. The molecule has 0 saturated carbocycles. The molecule has 4 rings (SSSR count). The number of nitrogens with zero attached hydrogens (tertiary/aromatic N) is 5. The molecule has 2 aliphatic rings. The molecule has 148 valence electrons. The van der Waals surface area contributed by atoms with Crippen molar-refractivity contribution in [1.29, 1.82) is 0 Å². The number of anilines is 1. The summed E-state index contributed by atoms with van der Waals surface area (Å²) in [5.74, 6) is 1.49. The number of urea groups is 1. The van der Waals surface area contributed by atoms with Gasteiger partial charge in [0.2, 0.25) is 11.9 Å². The maximum atomic E-state index is 11.7. The second-order valence-electron chi connectivity index (χ2n) is 6.91. The first-order chi connectivity index (χ1) is 13.7. The van der Waals surface area contributed by atoms with Gasteiger partial charge in [-0.3, -0.25) is 14.3 Å². The van der Waals surface area contributed by atoms with E-state index in [-0.39, 0.29) is 18.5 Å². The van der Waals surface area contributed by atoms with Gasteiger partial charge in [0.25, 0.3) is 0 Å². The van der Waals surface area contributed by atoms with Crippen molar-refractivity contribution < 1.29 is 9.59 Å². The van der Waals surface area contributed by atoms with Crippen molar-refractivity contribution in [2.24, 2.45) is 0 Å². The van der Waals surface area contributed by atoms with E-state index in [4.69, 9.17) is 0 Å². The molecule has 3 amide bonds. The predicted octanol–water partition coefficient (Wildman–Crippen LogP) is 2.29. The number of aromatic nitrogens is 3. The van der Waals surface area contributed by atoms with Crippen LogP contribution in [0.15, 0.2) is 35.5 Å². The molecule has 0 unspecified atom stereocenters. The number of thioether (sulfide) groups is 1. The minimum absolute atomic E-state index is 0.105. The molecule has 2 fully saturated rings.